The first-order valence-corrected chi connectivity index (χ1v) is 7.74. The van der Waals surface area contributed by atoms with Crippen LogP contribution < -0.4 is 5.32 Å². The number of piperidine rings is 1. The summed E-state index contributed by atoms with van der Waals surface area (Å²) in [6.07, 6.45) is 9.04. The van der Waals surface area contributed by atoms with Crippen LogP contribution in [-0.4, -0.2) is 49.8 Å². The second-order valence-electron chi connectivity index (χ2n) is 6.60. The summed E-state index contributed by atoms with van der Waals surface area (Å²) in [4.78, 5) is 2.42. The lowest BCUT2D eigenvalue weighted by atomic mass is 9.74. The summed E-state index contributed by atoms with van der Waals surface area (Å²) in [6.45, 7) is 5.04. The fraction of sp³-hybridized carbons (Fsp3) is 1.00. The molecule has 3 nitrogen and oxygen atoms in total. The van der Waals surface area contributed by atoms with Gasteiger partial charge < -0.3 is 15.3 Å². The van der Waals surface area contributed by atoms with Crippen LogP contribution in [0.4, 0.5) is 0 Å². The molecule has 2 aliphatic rings. The molecular weight excluding hydrogens is 224 g/mol. The highest BCUT2D eigenvalue weighted by Crippen LogP contribution is 2.35. The minimum Gasteiger partial charge on any atom is -0.396 e. The number of likely N-dealkylation sites (tertiary alicyclic amines) is 1. The van der Waals surface area contributed by atoms with E-state index in [4.69, 9.17) is 0 Å². The Bertz CT molecular complexity index is 231. The zero-order valence-electron chi connectivity index (χ0n) is 12.0. The van der Waals surface area contributed by atoms with Crippen molar-refractivity contribution in [3.63, 3.8) is 0 Å². The third kappa shape index (κ3) is 3.94. The van der Waals surface area contributed by atoms with Crippen LogP contribution in [0.5, 0.6) is 0 Å². The van der Waals surface area contributed by atoms with E-state index in [1.807, 2.05) is 0 Å². The molecule has 0 aromatic heterocycles. The molecule has 0 atom stereocenters. The number of aliphatic hydroxyl groups excluding tert-OH is 1. The Balaban J connectivity index is 1.67. The second kappa shape index (κ2) is 6.88. The predicted octanol–water partition coefficient (Wildman–Crippen LogP) is 1.86. The average Bonchev–Trinajstić information content (AvgIpc) is 2.42. The van der Waals surface area contributed by atoms with E-state index in [0.717, 1.165) is 19.0 Å². The van der Waals surface area contributed by atoms with E-state index in [-0.39, 0.29) is 5.41 Å². The lowest BCUT2D eigenvalue weighted by Gasteiger charge is -2.37. The lowest BCUT2D eigenvalue weighted by molar-refractivity contribution is 0.0790. The van der Waals surface area contributed by atoms with Crippen molar-refractivity contribution in [1.29, 1.82) is 0 Å². The Kier molecular flexibility index (Phi) is 5.46. The molecule has 0 bridgehead atoms. The summed E-state index contributed by atoms with van der Waals surface area (Å²) < 4.78 is 0. The van der Waals surface area contributed by atoms with Crippen molar-refractivity contribution >= 4 is 0 Å². The summed E-state index contributed by atoms with van der Waals surface area (Å²) >= 11 is 0. The molecule has 1 aliphatic heterocycles. The van der Waals surface area contributed by atoms with Gasteiger partial charge in [-0.05, 0) is 58.3 Å². The van der Waals surface area contributed by atoms with E-state index >= 15 is 0 Å². The standard InChI is InChI=1S/C15H30N2O/c1-17-9-5-14(6-10-17)11-16-12-15(13-18)7-3-2-4-8-15/h14,16,18H,2-13H2,1H3. The molecule has 2 rings (SSSR count). The van der Waals surface area contributed by atoms with Crippen LogP contribution in [0.3, 0.4) is 0 Å². The molecule has 1 saturated carbocycles. The quantitative estimate of drug-likeness (QED) is 0.786. The molecule has 0 amide bonds. The molecular formula is C15H30N2O. The van der Waals surface area contributed by atoms with Gasteiger partial charge >= 0.3 is 0 Å². The van der Waals surface area contributed by atoms with Crippen LogP contribution in [0.2, 0.25) is 0 Å². The molecule has 0 radical (unpaired) electrons. The molecule has 3 heteroatoms. The van der Waals surface area contributed by atoms with Crippen molar-refractivity contribution in [3.8, 4) is 0 Å². The maximum atomic E-state index is 9.67. The van der Waals surface area contributed by atoms with Crippen LogP contribution >= 0.6 is 0 Å². The number of rotatable bonds is 5. The number of aliphatic hydroxyl groups is 1. The highest BCUT2D eigenvalue weighted by atomic mass is 16.3. The zero-order valence-corrected chi connectivity index (χ0v) is 12.0. The number of hydrogen-bond donors (Lipinski definition) is 2. The van der Waals surface area contributed by atoms with Gasteiger partial charge in [0.2, 0.25) is 0 Å². The van der Waals surface area contributed by atoms with Gasteiger partial charge in [0.05, 0.1) is 0 Å². The Morgan fingerprint density at radius 1 is 1.17 bits per heavy atom. The molecule has 1 heterocycles. The van der Waals surface area contributed by atoms with Crippen molar-refractivity contribution < 1.29 is 5.11 Å². The SMILES string of the molecule is CN1CCC(CNCC2(CO)CCCCC2)CC1. The van der Waals surface area contributed by atoms with Gasteiger partial charge in [-0.25, -0.2) is 0 Å². The van der Waals surface area contributed by atoms with Crippen molar-refractivity contribution in [3.05, 3.63) is 0 Å². The van der Waals surface area contributed by atoms with Gasteiger partial charge in [0, 0.05) is 18.6 Å². The summed E-state index contributed by atoms with van der Waals surface area (Å²) in [5.74, 6) is 0.848. The summed E-state index contributed by atoms with van der Waals surface area (Å²) in [5.41, 5.74) is 0.198. The maximum Gasteiger partial charge on any atom is 0.0499 e. The van der Waals surface area contributed by atoms with Gasteiger partial charge in [0.1, 0.15) is 0 Å². The van der Waals surface area contributed by atoms with E-state index in [1.165, 1.54) is 58.0 Å². The number of hydrogen-bond acceptors (Lipinski definition) is 3. The van der Waals surface area contributed by atoms with Crippen molar-refractivity contribution in [2.45, 2.75) is 44.9 Å². The van der Waals surface area contributed by atoms with Gasteiger partial charge in [0.25, 0.3) is 0 Å². The van der Waals surface area contributed by atoms with Crippen molar-refractivity contribution in [2.24, 2.45) is 11.3 Å². The Morgan fingerprint density at radius 2 is 1.83 bits per heavy atom. The smallest absolute Gasteiger partial charge is 0.0499 e. The monoisotopic (exact) mass is 254 g/mol. The minimum absolute atomic E-state index is 0.198. The van der Waals surface area contributed by atoms with Crippen LogP contribution in [0, 0.1) is 11.3 Å². The fourth-order valence-electron chi connectivity index (χ4n) is 3.50. The van der Waals surface area contributed by atoms with E-state index in [2.05, 4.69) is 17.3 Å². The lowest BCUT2D eigenvalue weighted by Crippen LogP contribution is -2.42. The van der Waals surface area contributed by atoms with E-state index in [0.29, 0.717) is 6.61 Å². The topological polar surface area (TPSA) is 35.5 Å². The summed E-state index contributed by atoms with van der Waals surface area (Å²) in [5, 5.41) is 13.3. The van der Waals surface area contributed by atoms with E-state index < -0.39 is 0 Å². The first-order chi connectivity index (χ1) is 8.74. The summed E-state index contributed by atoms with van der Waals surface area (Å²) in [6, 6.07) is 0. The number of nitrogens with zero attached hydrogens (tertiary/aromatic N) is 1. The van der Waals surface area contributed by atoms with E-state index in [1.54, 1.807) is 0 Å². The molecule has 18 heavy (non-hydrogen) atoms. The van der Waals surface area contributed by atoms with Crippen LogP contribution in [0.15, 0.2) is 0 Å². The van der Waals surface area contributed by atoms with E-state index in [9.17, 15) is 5.11 Å². The molecule has 2 fully saturated rings. The molecule has 1 saturated heterocycles. The van der Waals surface area contributed by atoms with Crippen molar-refractivity contribution in [2.75, 3.05) is 39.8 Å². The van der Waals surface area contributed by atoms with Crippen LogP contribution in [-0.2, 0) is 0 Å². The third-order valence-electron chi connectivity index (χ3n) is 5.02. The van der Waals surface area contributed by atoms with Gasteiger partial charge in [-0.1, -0.05) is 19.3 Å². The summed E-state index contributed by atoms with van der Waals surface area (Å²) in [7, 11) is 2.21. The molecule has 1 aliphatic carbocycles. The Hall–Kier alpha value is -0.120. The van der Waals surface area contributed by atoms with Crippen LogP contribution in [0.1, 0.15) is 44.9 Å². The second-order valence-corrected chi connectivity index (χ2v) is 6.60. The first kappa shape index (κ1) is 14.3. The Morgan fingerprint density at radius 3 is 2.44 bits per heavy atom. The number of nitrogens with one attached hydrogen (secondary N) is 1. The van der Waals surface area contributed by atoms with Gasteiger partial charge in [-0.2, -0.15) is 0 Å². The maximum absolute atomic E-state index is 9.67. The largest absolute Gasteiger partial charge is 0.396 e. The zero-order chi connectivity index (χ0) is 12.8. The highest BCUT2D eigenvalue weighted by molar-refractivity contribution is 4.85. The molecule has 0 aromatic rings. The van der Waals surface area contributed by atoms with Gasteiger partial charge in [-0.15, -0.1) is 0 Å². The van der Waals surface area contributed by atoms with Gasteiger partial charge in [-0.3, -0.25) is 0 Å². The van der Waals surface area contributed by atoms with Crippen molar-refractivity contribution in [1.82, 2.24) is 10.2 Å². The normalized spacial score (nSPS) is 26.3. The predicted molar refractivity (Wildman–Crippen MR) is 75.7 cm³/mol. The molecule has 2 N–H and O–H groups in total. The first-order valence-electron chi connectivity index (χ1n) is 7.74. The molecule has 0 spiro atoms. The molecule has 0 unspecified atom stereocenters. The molecule has 106 valence electrons. The minimum atomic E-state index is 0.198. The molecule has 0 aromatic carbocycles. The Labute approximate surface area is 112 Å². The third-order valence-corrected chi connectivity index (χ3v) is 5.02. The van der Waals surface area contributed by atoms with Gasteiger partial charge in [0.15, 0.2) is 0 Å². The fourth-order valence-corrected chi connectivity index (χ4v) is 3.50. The highest BCUT2D eigenvalue weighted by Gasteiger charge is 2.31. The average molecular weight is 254 g/mol. The van der Waals surface area contributed by atoms with Crippen LogP contribution in [0.25, 0.3) is 0 Å².